The number of unbranched alkanes of at least 4 members (excludes halogenated alkanes) is 1. The molecule has 4 nitrogen and oxygen atoms in total. The summed E-state index contributed by atoms with van der Waals surface area (Å²) in [6, 6.07) is 8.44. The molecule has 29 heavy (non-hydrogen) atoms. The van der Waals surface area contributed by atoms with E-state index in [1.807, 2.05) is 0 Å². The van der Waals surface area contributed by atoms with Crippen molar-refractivity contribution < 1.29 is 18.9 Å². The zero-order valence-electron chi connectivity index (χ0n) is 20.3. The van der Waals surface area contributed by atoms with Crippen molar-refractivity contribution in [3.8, 4) is 5.75 Å². The van der Waals surface area contributed by atoms with Crippen LogP contribution >= 0.6 is 0 Å². The highest BCUT2D eigenvalue weighted by molar-refractivity contribution is 5.31. The summed E-state index contributed by atoms with van der Waals surface area (Å²) in [6.07, 6.45) is 3.40. The number of hydrogen-bond donors (Lipinski definition) is 0. The van der Waals surface area contributed by atoms with Gasteiger partial charge in [0.25, 0.3) is 0 Å². The zero-order valence-corrected chi connectivity index (χ0v) is 20.3. The lowest BCUT2D eigenvalue weighted by atomic mass is 9.87. The highest BCUT2D eigenvalue weighted by Gasteiger charge is 2.12. The molecule has 0 unspecified atom stereocenters. The molecule has 0 bridgehead atoms. The van der Waals surface area contributed by atoms with Crippen LogP contribution in [0.4, 0.5) is 0 Å². The van der Waals surface area contributed by atoms with Gasteiger partial charge in [-0.05, 0) is 41.4 Å². The highest BCUT2D eigenvalue weighted by atomic mass is 16.5. The van der Waals surface area contributed by atoms with E-state index in [9.17, 15) is 0 Å². The van der Waals surface area contributed by atoms with Gasteiger partial charge >= 0.3 is 0 Å². The molecule has 0 aliphatic rings. The Labute approximate surface area is 180 Å². The van der Waals surface area contributed by atoms with E-state index in [1.54, 1.807) is 7.11 Å². The number of benzene rings is 1. The predicted octanol–water partition coefficient (Wildman–Crippen LogP) is 6.27. The van der Waals surface area contributed by atoms with Crippen LogP contribution in [0.25, 0.3) is 0 Å². The van der Waals surface area contributed by atoms with E-state index in [0.717, 1.165) is 31.8 Å². The maximum atomic E-state index is 5.61. The minimum Gasteiger partial charge on any atom is -0.494 e. The highest BCUT2D eigenvalue weighted by Crippen LogP contribution is 2.24. The summed E-state index contributed by atoms with van der Waals surface area (Å²) in [4.78, 5) is 0. The largest absolute Gasteiger partial charge is 0.494 e. The molecule has 0 saturated carbocycles. The van der Waals surface area contributed by atoms with Gasteiger partial charge in [-0.25, -0.2) is 0 Å². The lowest BCUT2D eigenvalue weighted by Gasteiger charge is -2.19. The smallest absolute Gasteiger partial charge is 0.119 e. The summed E-state index contributed by atoms with van der Waals surface area (Å²) in [5.41, 5.74) is 1.93. The molecule has 4 heteroatoms. The average molecular weight is 411 g/mol. The number of ether oxygens (including phenoxy) is 4. The Kier molecular flexibility index (Phi) is 15.1. The Balaban J connectivity index is 0.000000543. The van der Waals surface area contributed by atoms with Gasteiger partial charge in [-0.2, -0.15) is 0 Å². The summed E-state index contributed by atoms with van der Waals surface area (Å²) < 4.78 is 21.1. The summed E-state index contributed by atoms with van der Waals surface area (Å²) in [6.45, 7) is 19.8. The fourth-order valence-electron chi connectivity index (χ4n) is 2.23. The Hall–Kier alpha value is -1.10. The van der Waals surface area contributed by atoms with E-state index < -0.39 is 0 Å². The summed E-state index contributed by atoms with van der Waals surface area (Å²) in [5, 5.41) is 0. The van der Waals surface area contributed by atoms with E-state index in [1.165, 1.54) is 12.0 Å². The molecule has 1 aromatic rings. The number of hydrogen-bond acceptors (Lipinski definition) is 4. The van der Waals surface area contributed by atoms with Gasteiger partial charge in [-0.15, -0.1) is 0 Å². The van der Waals surface area contributed by atoms with Crippen molar-refractivity contribution >= 4 is 0 Å². The van der Waals surface area contributed by atoms with Crippen molar-refractivity contribution in [3.05, 3.63) is 29.8 Å². The van der Waals surface area contributed by atoms with Gasteiger partial charge in [0.2, 0.25) is 0 Å². The summed E-state index contributed by atoms with van der Waals surface area (Å²) in [7, 11) is 1.67. The van der Waals surface area contributed by atoms with Crippen LogP contribution in [-0.2, 0) is 19.6 Å². The maximum Gasteiger partial charge on any atom is 0.119 e. The molecular formula is C25H46O4. The van der Waals surface area contributed by atoms with Gasteiger partial charge in [-0.1, -0.05) is 67.0 Å². The van der Waals surface area contributed by atoms with Crippen molar-refractivity contribution in [1.29, 1.82) is 0 Å². The third kappa shape index (κ3) is 17.5. The second-order valence-electron chi connectivity index (χ2n) is 9.50. The van der Waals surface area contributed by atoms with Gasteiger partial charge in [0.05, 0.1) is 33.0 Å². The normalized spacial score (nSPS) is 11.7. The maximum absolute atomic E-state index is 5.61. The first-order valence-electron chi connectivity index (χ1n) is 11.0. The SMILES string of the molecule is CCCCOc1ccc(C(C)(C)C)cc1.COCCOCCOCCC(C)(C)C. The Morgan fingerprint density at radius 2 is 1.28 bits per heavy atom. The predicted molar refractivity (Wildman–Crippen MR) is 123 cm³/mol. The van der Waals surface area contributed by atoms with Gasteiger partial charge < -0.3 is 18.9 Å². The van der Waals surface area contributed by atoms with Crippen LogP contribution in [0.1, 0.15) is 73.3 Å². The van der Waals surface area contributed by atoms with Gasteiger partial charge in [-0.3, -0.25) is 0 Å². The molecule has 0 saturated heterocycles. The van der Waals surface area contributed by atoms with E-state index in [2.05, 4.69) is 72.7 Å². The topological polar surface area (TPSA) is 36.9 Å². The van der Waals surface area contributed by atoms with Crippen molar-refractivity contribution in [2.24, 2.45) is 5.41 Å². The molecule has 0 heterocycles. The minimum absolute atomic E-state index is 0.224. The van der Waals surface area contributed by atoms with Crippen LogP contribution in [0.2, 0.25) is 0 Å². The van der Waals surface area contributed by atoms with E-state index in [0.29, 0.717) is 31.8 Å². The first-order valence-corrected chi connectivity index (χ1v) is 11.0. The fraction of sp³-hybridized carbons (Fsp3) is 0.760. The molecule has 170 valence electrons. The molecule has 1 aromatic carbocycles. The van der Waals surface area contributed by atoms with Crippen molar-refractivity contribution in [1.82, 2.24) is 0 Å². The van der Waals surface area contributed by atoms with E-state index >= 15 is 0 Å². The molecule has 0 spiro atoms. The molecule has 0 aromatic heterocycles. The van der Waals surface area contributed by atoms with Crippen molar-refractivity contribution in [3.63, 3.8) is 0 Å². The van der Waals surface area contributed by atoms with Gasteiger partial charge in [0.15, 0.2) is 0 Å². The first-order chi connectivity index (χ1) is 13.6. The van der Waals surface area contributed by atoms with Crippen molar-refractivity contribution in [2.45, 2.75) is 73.1 Å². The average Bonchev–Trinajstić information content (AvgIpc) is 2.63. The second kappa shape index (κ2) is 15.7. The zero-order chi connectivity index (χ0) is 22.2. The monoisotopic (exact) mass is 410 g/mol. The second-order valence-corrected chi connectivity index (χ2v) is 9.50. The summed E-state index contributed by atoms with van der Waals surface area (Å²) >= 11 is 0. The lowest BCUT2D eigenvalue weighted by Crippen LogP contribution is -2.13. The Bertz CT molecular complexity index is 483. The van der Waals surface area contributed by atoms with Crippen LogP contribution in [0.3, 0.4) is 0 Å². The molecule has 0 radical (unpaired) electrons. The molecule has 1 rings (SSSR count). The molecule has 0 atom stereocenters. The minimum atomic E-state index is 0.224. The van der Waals surface area contributed by atoms with Crippen LogP contribution in [-0.4, -0.2) is 46.8 Å². The molecule has 0 amide bonds. The Morgan fingerprint density at radius 3 is 1.76 bits per heavy atom. The number of methoxy groups -OCH3 is 1. The third-order valence-corrected chi connectivity index (χ3v) is 4.29. The lowest BCUT2D eigenvalue weighted by molar-refractivity contribution is 0.0194. The molecule has 0 aliphatic heterocycles. The molecule has 0 N–H and O–H groups in total. The fourth-order valence-corrected chi connectivity index (χ4v) is 2.23. The van der Waals surface area contributed by atoms with Gasteiger partial charge in [0, 0.05) is 13.7 Å². The van der Waals surface area contributed by atoms with Crippen LogP contribution < -0.4 is 4.74 Å². The third-order valence-electron chi connectivity index (χ3n) is 4.29. The van der Waals surface area contributed by atoms with E-state index in [4.69, 9.17) is 18.9 Å². The standard InChI is InChI=1S/C14H22O.C11H24O3/c1-5-6-11-15-13-9-7-12(8-10-13)14(2,3)4;1-11(2,3)5-6-13-9-10-14-8-7-12-4/h7-10H,5-6,11H2,1-4H3;5-10H2,1-4H3. The first kappa shape index (κ1) is 27.9. The van der Waals surface area contributed by atoms with Crippen LogP contribution in [0.5, 0.6) is 5.75 Å². The number of rotatable bonds is 12. The van der Waals surface area contributed by atoms with Crippen LogP contribution in [0.15, 0.2) is 24.3 Å². The van der Waals surface area contributed by atoms with E-state index in [-0.39, 0.29) is 5.41 Å². The molecule has 0 aliphatic carbocycles. The Morgan fingerprint density at radius 1 is 0.724 bits per heavy atom. The molecular weight excluding hydrogens is 364 g/mol. The molecule has 0 fully saturated rings. The van der Waals surface area contributed by atoms with Crippen molar-refractivity contribution in [2.75, 3.05) is 46.8 Å². The quantitative estimate of drug-likeness (QED) is 0.381. The summed E-state index contributed by atoms with van der Waals surface area (Å²) in [5.74, 6) is 0.983. The van der Waals surface area contributed by atoms with Crippen LogP contribution in [0, 0.1) is 5.41 Å². The van der Waals surface area contributed by atoms with Gasteiger partial charge in [0.1, 0.15) is 5.75 Å².